The van der Waals surface area contributed by atoms with Crippen LogP contribution in [0.1, 0.15) is 5.56 Å². The Labute approximate surface area is 120 Å². The van der Waals surface area contributed by atoms with E-state index in [0.717, 1.165) is 22.8 Å². The second kappa shape index (κ2) is 6.19. The first-order chi connectivity index (χ1) is 9.49. The lowest BCUT2D eigenvalue weighted by Gasteiger charge is -2.19. The van der Waals surface area contributed by atoms with E-state index in [1.165, 1.54) is 12.1 Å². The highest BCUT2D eigenvalue weighted by Gasteiger charge is 2.25. The molecule has 0 aliphatic carbocycles. The summed E-state index contributed by atoms with van der Waals surface area (Å²) in [6, 6.07) is 5.93. The Kier molecular flexibility index (Phi) is 4.57. The number of carboxylic acid groups (broad SMARTS) is 1. The lowest BCUT2D eigenvalue weighted by molar-refractivity contribution is -0.132. The number of nitrogens with zero attached hydrogens (tertiary/aromatic N) is 2. The fraction of sp³-hybridized carbons (Fsp3) is 0.286. The fourth-order valence-corrected chi connectivity index (χ4v) is 4.16. The molecule has 1 heterocycles. The van der Waals surface area contributed by atoms with Crippen LogP contribution in [0.15, 0.2) is 35.0 Å². The molecule has 108 valence electrons. The first-order valence-corrected chi connectivity index (χ1v) is 7.77. The first kappa shape index (κ1) is 14.7. The van der Waals surface area contributed by atoms with Crippen molar-refractivity contribution >= 4 is 27.3 Å². The van der Waals surface area contributed by atoms with Crippen LogP contribution in [0.25, 0.3) is 4.91 Å². The van der Waals surface area contributed by atoms with E-state index >= 15 is 0 Å². The molecule has 0 radical (unpaired) electrons. The van der Waals surface area contributed by atoms with E-state index in [1.54, 1.807) is 17.7 Å². The predicted octanol–water partition coefficient (Wildman–Crippen LogP) is 2.18. The maximum Gasteiger partial charge on any atom is 0.355 e. The van der Waals surface area contributed by atoms with Crippen LogP contribution in [0.3, 0.4) is 0 Å². The van der Waals surface area contributed by atoms with Gasteiger partial charge in [0.2, 0.25) is 0 Å². The molecular formula is C14H17FN2O2S. The van der Waals surface area contributed by atoms with Gasteiger partial charge in [-0.15, -0.1) is 0 Å². The summed E-state index contributed by atoms with van der Waals surface area (Å²) in [6.07, 6.45) is 0. The third-order valence-corrected chi connectivity index (χ3v) is 5.07. The van der Waals surface area contributed by atoms with Crippen molar-refractivity contribution in [2.24, 2.45) is 4.99 Å². The van der Waals surface area contributed by atoms with E-state index in [2.05, 4.69) is 9.89 Å². The fourth-order valence-electron chi connectivity index (χ4n) is 1.93. The molecule has 20 heavy (non-hydrogen) atoms. The van der Waals surface area contributed by atoms with Gasteiger partial charge in [-0.05, 0) is 37.5 Å². The van der Waals surface area contributed by atoms with Gasteiger partial charge in [-0.25, -0.2) is 14.2 Å². The first-order valence-electron chi connectivity index (χ1n) is 6.18. The number of rotatable bonds is 5. The number of aliphatic carboxylic acids is 1. The number of halogens is 1. The van der Waals surface area contributed by atoms with Gasteiger partial charge in [-0.1, -0.05) is 12.1 Å². The van der Waals surface area contributed by atoms with E-state index in [0.29, 0.717) is 0 Å². The van der Waals surface area contributed by atoms with E-state index < -0.39 is 16.9 Å². The number of hydrogen-bond donors (Lipinski definition) is 2. The molecule has 0 bridgehead atoms. The summed E-state index contributed by atoms with van der Waals surface area (Å²) < 4.78 is 13.0. The molecule has 1 aliphatic heterocycles. The molecule has 0 spiro atoms. The van der Waals surface area contributed by atoms with Gasteiger partial charge in [0.1, 0.15) is 5.82 Å². The van der Waals surface area contributed by atoms with Gasteiger partial charge in [0, 0.05) is 17.0 Å². The summed E-state index contributed by atoms with van der Waals surface area (Å²) in [5, 5.41) is 9.25. The second-order valence-corrected chi connectivity index (χ2v) is 6.82. The van der Waals surface area contributed by atoms with Crippen molar-refractivity contribution in [1.82, 2.24) is 4.90 Å². The molecule has 0 saturated carbocycles. The summed E-state index contributed by atoms with van der Waals surface area (Å²) in [7, 11) is 3.19. The topological polar surface area (TPSA) is 52.9 Å². The zero-order valence-corrected chi connectivity index (χ0v) is 12.3. The highest BCUT2D eigenvalue weighted by atomic mass is 32.2. The second-order valence-electron chi connectivity index (χ2n) is 4.75. The third-order valence-electron chi connectivity index (χ3n) is 2.95. The van der Waals surface area contributed by atoms with Crippen molar-refractivity contribution in [2.75, 3.05) is 26.4 Å². The zero-order chi connectivity index (χ0) is 14.7. The molecule has 0 fully saturated rings. The number of hydrogen-bond acceptors (Lipinski definition) is 3. The molecule has 6 heteroatoms. The minimum Gasteiger partial charge on any atom is -0.476 e. The van der Waals surface area contributed by atoms with Gasteiger partial charge in [-0.3, -0.25) is 0 Å². The number of carbonyl (C=O) groups is 1. The number of benzene rings is 1. The van der Waals surface area contributed by atoms with Crippen LogP contribution in [-0.2, 0) is 4.79 Å². The minimum atomic E-state index is -1.03. The largest absolute Gasteiger partial charge is 0.476 e. The molecule has 1 unspecified atom stereocenters. The van der Waals surface area contributed by atoms with Crippen LogP contribution < -0.4 is 0 Å². The molecule has 0 saturated heterocycles. The van der Waals surface area contributed by atoms with Gasteiger partial charge in [0.15, 0.2) is 5.70 Å². The molecule has 1 aromatic carbocycles. The maximum absolute atomic E-state index is 13.0. The molecule has 0 amide bonds. The van der Waals surface area contributed by atoms with E-state index in [1.807, 2.05) is 14.1 Å². The average molecular weight is 296 g/mol. The minimum absolute atomic E-state index is 0.0847. The molecule has 1 atom stereocenters. The number of carboxylic acids is 1. The number of aliphatic imine (C=N–C) groups is 1. The highest BCUT2D eigenvalue weighted by molar-refractivity contribution is 8.36. The molecule has 2 rings (SSSR count). The Balaban J connectivity index is 2.33. The Morgan fingerprint density at radius 1 is 1.35 bits per heavy atom. The zero-order valence-electron chi connectivity index (χ0n) is 11.4. The molecule has 4 nitrogen and oxygen atoms in total. The molecule has 1 aromatic rings. The Hall–Kier alpha value is -1.66. The molecule has 0 aromatic heterocycles. The van der Waals surface area contributed by atoms with Crippen molar-refractivity contribution in [1.29, 1.82) is 0 Å². The normalized spacial score (nSPS) is 19.9. The summed E-state index contributed by atoms with van der Waals surface area (Å²) in [6.45, 7) is 0.856. The van der Waals surface area contributed by atoms with Crippen molar-refractivity contribution < 1.29 is 14.3 Å². The van der Waals surface area contributed by atoms with Crippen LogP contribution in [-0.4, -0.2) is 47.9 Å². The third kappa shape index (κ3) is 3.26. The van der Waals surface area contributed by atoms with Crippen molar-refractivity contribution in [2.45, 2.75) is 0 Å². The van der Waals surface area contributed by atoms with Gasteiger partial charge >= 0.3 is 5.97 Å². The van der Waals surface area contributed by atoms with Crippen molar-refractivity contribution in [3.05, 3.63) is 41.3 Å². The van der Waals surface area contributed by atoms with Gasteiger partial charge in [-0.2, -0.15) is 10.9 Å². The average Bonchev–Trinajstić information content (AvgIpc) is 2.81. The smallest absolute Gasteiger partial charge is 0.355 e. The summed E-state index contributed by atoms with van der Waals surface area (Å²) in [5.41, 5.74) is 2.56. The molecular weight excluding hydrogens is 279 g/mol. The molecule has 1 N–H and O–H groups in total. The summed E-state index contributed by atoms with van der Waals surface area (Å²) in [5.74, 6) is -0.520. The van der Waals surface area contributed by atoms with Crippen LogP contribution in [0.2, 0.25) is 0 Å². The lowest BCUT2D eigenvalue weighted by Crippen LogP contribution is -2.16. The van der Waals surface area contributed by atoms with Gasteiger partial charge in [0.05, 0.1) is 0 Å². The van der Waals surface area contributed by atoms with E-state index in [9.17, 15) is 14.3 Å². The van der Waals surface area contributed by atoms with E-state index in [-0.39, 0.29) is 11.5 Å². The molecule has 1 aliphatic rings. The monoisotopic (exact) mass is 296 g/mol. The number of thiol groups is 1. The quantitative estimate of drug-likeness (QED) is 0.819. The Morgan fingerprint density at radius 3 is 2.55 bits per heavy atom. The summed E-state index contributed by atoms with van der Waals surface area (Å²) >= 11 is 0. The highest BCUT2D eigenvalue weighted by Crippen LogP contribution is 2.46. The lowest BCUT2D eigenvalue weighted by atomic mass is 10.2. The standard InChI is InChI=1S/C14H17FN2O2S/c1-17(2)7-8-20-9-16-12(14(18)19)13(20)10-3-5-11(15)6-4-10/h3-6,9,20H,7-8H2,1-2H3,(H,18,19). The summed E-state index contributed by atoms with van der Waals surface area (Å²) in [4.78, 5) is 18.1. The van der Waals surface area contributed by atoms with Crippen molar-refractivity contribution in [3.63, 3.8) is 0 Å². The van der Waals surface area contributed by atoms with E-state index in [4.69, 9.17) is 0 Å². The van der Waals surface area contributed by atoms with Gasteiger partial charge in [0.25, 0.3) is 0 Å². The van der Waals surface area contributed by atoms with Crippen LogP contribution >= 0.6 is 10.9 Å². The Bertz CT molecular complexity index is 567. The van der Waals surface area contributed by atoms with Crippen LogP contribution in [0.5, 0.6) is 0 Å². The van der Waals surface area contributed by atoms with Crippen LogP contribution in [0, 0.1) is 5.82 Å². The SMILES string of the molecule is CN(C)CC[SH]1C=NC(C(=O)O)=C1c1ccc(F)cc1. The predicted molar refractivity (Wildman–Crippen MR) is 81.9 cm³/mol. The maximum atomic E-state index is 13.0. The van der Waals surface area contributed by atoms with Crippen LogP contribution in [0.4, 0.5) is 4.39 Å². The Morgan fingerprint density at radius 2 is 2.00 bits per heavy atom. The van der Waals surface area contributed by atoms with Crippen molar-refractivity contribution in [3.8, 4) is 0 Å². The van der Waals surface area contributed by atoms with Gasteiger partial charge < -0.3 is 10.0 Å².